The number of halogens is 1. The first-order valence-corrected chi connectivity index (χ1v) is 6.59. The average Bonchev–Trinajstić information content (AvgIpc) is 2.68. The topological polar surface area (TPSA) is 32.6 Å². The summed E-state index contributed by atoms with van der Waals surface area (Å²) in [5, 5.41) is 3.53. The zero-order chi connectivity index (χ0) is 11.8. The molecular formula is C12H15BrN4. The van der Waals surface area contributed by atoms with Crippen LogP contribution in [-0.4, -0.2) is 41.0 Å². The molecular weight excluding hydrogens is 280 g/mol. The molecule has 1 atom stereocenters. The van der Waals surface area contributed by atoms with Crippen molar-refractivity contribution in [3.05, 3.63) is 34.8 Å². The van der Waals surface area contributed by atoms with Gasteiger partial charge in [-0.1, -0.05) is 6.07 Å². The third-order valence-corrected chi connectivity index (χ3v) is 3.80. The Morgan fingerprint density at radius 2 is 2.35 bits per heavy atom. The van der Waals surface area contributed by atoms with Crippen molar-refractivity contribution in [3.8, 4) is 0 Å². The largest absolute Gasteiger partial charge is 0.305 e. The number of pyridine rings is 1. The monoisotopic (exact) mass is 294 g/mol. The van der Waals surface area contributed by atoms with E-state index in [1.54, 1.807) is 0 Å². The molecule has 5 heteroatoms. The number of likely N-dealkylation sites (N-methyl/N-ethyl adjacent to an activating group) is 1. The highest BCUT2D eigenvalue weighted by molar-refractivity contribution is 9.10. The van der Waals surface area contributed by atoms with Crippen molar-refractivity contribution in [2.45, 2.75) is 6.04 Å². The number of aromatic nitrogens is 2. The summed E-state index contributed by atoms with van der Waals surface area (Å²) in [4.78, 5) is 6.97. The maximum absolute atomic E-state index is 4.64. The molecule has 4 nitrogen and oxygen atoms in total. The predicted octanol–water partition coefficient (Wildman–Crippen LogP) is 1.67. The van der Waals surface area contributed by atoms with Crippen LogP contribution in [0.1, 0.15) is 11.9 Å². The maximum Gasteiger partial charge on any atom is 0.133 e. The molecule has 0 aromatic carbocycles. The summed E-state index contributed by atoms with van der Waals surface area (Å²) in [6.45, 7) is 3.11. The summed E-state index contributed by atoms with van der Waals surface area (Å²) in [6, 6.07) is 6.45. The molecule has 0 radical (unpaired) electrons. The van der Waals surface area contributed by atoms with Gasteiger partial charge in [0.15, 0.2) is 0 Å². The van der Waals surface area contributed by atoms with E-state index in [-0.39, 0.29) is 0 Å². The van der Waals surface area contributed by atoms with Crippen LogP contribution in [0.4, 0.5) is 0 Å². The molecule has 3 rings (SSSR count). The molecule has 1 saturated heterocycles. The van der Waals surface area contributed by atoms with Gasteiger partial charge in [-0.3, -0.25) is 0 Å². The Bertz CT molecular complexity index is 536. The van der Waals surface area contributed by atoms with E-state index >= 15 is 0 Å². The Morgan fingerprint density at radius 1 is 1.47 bits per heavy atom. The van der Waals surface area contributed by atoms with Crippen molar-refractivity contribution in [1.29, 1.82) is 0 Å². The average molecular weight is 295 g/mol. The molecule has 1 fully saturated rings. The van der Waals surface area contributed by atoms with Gasteiger partial charge in [0.25, 0.3) is 0 Å². The van der Waals surface area contributed by atoms with Crippen molar-refractivity contribution in [2.24, 2.45) is 0 Å². The fourth-order valence-corrected chi connectivity index (χ4v) is 2.84. The van der Waals surface area contributed by atoms with E-state index in [0.29, 0.717) is 6.04 Å². The molecule has 3 heterocycles. The second-order valence-corrected chi connectivity index (χ2v) is 5.24. The quantitative estimate of drug-likeness (QED) is 0.869. The van der Waals surface area contributed by atoms with Crippen LogP contribution < -0.4 is 5.32 Å². The standard InChI is InChI=1S/C12H15BrN4/c1-16-7-5-14-9(8-16)12-15-11(13)10-4-2-3-6-17(10)12/h2-4,6,9,14H,5,7-8H2,1H3. The second kappa shape index (κ2) is 4.40. The summed E-state index contributed by atoms with van der Waals surface area (Å²) in [5.41, 5.74) is 1.12. The Balaban J connectivity index is 2.05. The number of hydrogen-bond acceptors (Lipinski definition) is 3. The van der Waals surface area contributed by atoms with Crippen molar-refractivity contribution in [2.75, 3.05) is 26.7 Å². The zero-order valence-electron chi connectivity index (χ0n) is 9.73. The molecule has 1 N–H and O–H groups in total. The van der Waals surface area contributed by atoms with Crippen LogP contribution in [0.15, 0.2) is 29.0 Å². The normalized spacial score (nSPS) is 22.1. The third-order valence-electron chi connectivity index (χ3n) is 3.22. The van der Waals surface area contributed by atoms with Gasteiger partial charge in [0, 0.05) is 25.8 Å². The van der Waals surface area contributed by atoms with Gasteiger partial charge < -0.3 is 14.6 Å². The molecule has 0 saturated carbocycles. The van der Waals surface area contributed by atoms with E-state index in [1.165, 1.54) is 0 Å². The Labute approximate surface area is 109 Å². The van der Waals surface area contributed by atoms with Gasteiger partial charge in [0.2, 0.25) is 0 Å². The molecule has 0 bridgehead atoms. The summed E-state index contributed by atoms with van der Waals surface area (Å²) in [5.74, 6) is 1.08. The number of nitrogens with one attached hydrogen (secondary N) is 1. The molecule has 90 valence electrons. The van der Waals surface area contributed by atoms with E-state index in [1.807, 2.05) is 12.1 Å². The lowest BCUT2D eigenvalue weighted by atomic mass is 10.2. The number of nitrogens with zero attached hydrogens (tertiary/aromatic N) is 3. The van der Waals surface area contributed by atoms with Gasteiger partial charge in [-0.15, -0.1) is 0 Å². The number of hydrogen-bond donors (Lipinski definition) is 1. The Kier molecular flexibility index (Phi) is 2.90. The van der Waals surface area contributed by atoms with Crippen molar-refractivity contribution in [1.82, 2.24) is 19.6 Å². The summed E-state index contributed by atoms with van der Waals surface area (Å²) >= 11 is 3.53. The van der Waals surface area contributed by atoms with Crippen molar-refractivity contribution >= 4 is 21.4 Å². The molecule has 2 aromatic rings. The number of fused-ring (bicyclic) bond motifs is 1. The molecule has 2 aromatic heterocycles. The fraction of sp³-hybridized carbons (Fsp3) is 0.417. The third kappa shape index (κ3) is 1.99. The lowest BCUT2D eigenvalue weighted by molar-refractivity contribution is 0.235. The van der Waals surface area contributed by atoms with E-state index in [4.69, 9.17) is 0 Å². The number of piperazine rings is 1. The van der Waals surface area contributed by atoms with Crippen LogP contribution in [0.25, 0.3) is 5.52 Å². The van der Waals surface area contributed by atoms with E-state index in [9.17, 15) is 0 Å². The van der Waals surface area contributed by atoms with Gasteiger partial charge in [-0.25, -0.2) is 4.98 Å². The van der Waals surface area contributed by atoms with Gasteiger partial charge in [0.05, 0.1) is 11.6 Å². The lowest BCUT2D eigenvalue weighted by Gasteiger charge is -2.30. The minimum atomic E-state index is 0.301. The van der Waals surface area contributed by atoms with Crippen LogP contribution in [-0.2, 0) is 0 Å². The zero-order valence-corrected chi connectivity index (χ0v) is 11.3. The number of rotatable bonds is 1. The molecule has 1 aliphatic rings. The molecule has 0 aliphatic carbocycles. The van der Waals surface area contributed by atoms with E-state index in [0.717, 1.165) is 35.6 Å². The molecule has 1 unspecified atom stereocenters. The summed E-state index contributed by atoms with van der Waals surface area (Å²) in [7, 11) is 2.15. The predicted molar refractivity (Wildman–Crippen MR) is 71.1 cm³/mol. The molecule has 17 heavy (non-hydrogen) atoms. The SMILES string of the molecule is CN1CCNC(c2nc(Br)c3ccccn23)C1. The van der Waals surface area contributed by atoms with E-state index in [2.05, 4.69) is 54.8 Å². The van der Waals surface area contributed by atoms with E-state index < -0.39 is 0 Å². The molecule has 0 spiro atoms. The van der Waals surface area contributed by atoms with Crippen LogP contribution in [0.3, 0.4) is 0 Å². The highest BCUT2D eigenvalue weighted by Crippen LogP contribution is 2.23. The van der Waals surface area contributed by atoms with Gasteiger partial charge in [-0.2, -0.15) is 0 Å². The summed E-state index contributed by atoms with van der Waals surface area (Å²) < 4.78 is 3.07. The first kappa shape index (κ1) is 11.2. The van der Waals surface area contributed by atoms with Crippen LogP contribution in [0.5, 0.6) is 0 Å². The minimum absolute atomic E-state index is 0.301. The lowest BCUT2D eigenvalue weighted by Crippen LogP contribution is -2.44. The smallest absolute Gasteiger partial charge is 0.133 e. The second-order valence-electron chi connectivity index (χ2n) is 4.49. The van der Waals surface area contributed by atoms with Gasteiger partial charge in [0.1, 0.15) is 10.4 Å². The van der Waals surface area contributed by atoms with Crippen LogP contribution in [0.2, 0.25) is 0 Å². The fourth-order valence-electron chi connectivity index (χ4n) is 2.34. The highest BCUT2D eigenvalue weighted by Gasteiger charge is 2.23. The maximum atomic E-state index is 4.64. The van der Waals surface area contributed by atoms with Crippen molar-refractivity contribution in [3.63, 3.8) is 0 Å². The molecule has 1 aliphatic heterocycles. The summed E-state index contributed by atoms with van der Waals surface area (Å²) in [6.07, 6.45) is 2.07. The molecule has 0 amide bonds. The first-order chi connectivity index (χ1) is 8.25. The minimum Gasteiger partial charge on any atom is -0.305 e. The van der Waals surface area contributed by atoms with Gasteiger partial charge in [-0.05, 0) is 35.1 Å². The number of imidazole rings is 1. The Hall–Kier alpha value is -0.910. The van der Waals surface area contributed by atoms with Crippen molar-refractivity contribution < 1.29 is 0 Å². The van der Waals surface area contributed by atoms with Crippen LogP contribution >= 0.6 is 15.9 Å². The van der Waals surface area contributed by atoms with Crippen LogP contribution in [0, 0.1) is 0 Å². The Morgan fingerprint density at radius 3 is 3.18 bits per heavy atom. The van der Waals surface area contributed by atoms with Gasteiger partial charge >= 0.3 is 0 Å². The highest BCUT2D eigenvalue weighted by atomic mass is 79.9. The first-order valence-electron chi connectivity index (χ1n) is 5.80.